The number of hydrogen-bond donors (Lipinski definition) is 1. The number of thiophene rings is 1. The van der Waals surface area contributed by atoms with Gasteiger partial charge in [-0.05, 0) is 47.5 Å². The third kappa shape index (κ3) is 5.05. The number of halogens is 1. The molecule has 1 aromatic heterocycles. The Kier molecular flexibility index (Phi) is 6.08. The molecule has 3 aromatic rings. The smallest absolute Gasteiger partial charge is 0.265 e. The number of carbonyl (C=O) groups is 2. The van der Waals surface area contributed by atoms with E-state index < -0.39 is 0 Å². The van der Waals surface area contributed by atoms with E-state index in [1.54, 1.807) is 19.0 Å². The van der Waals surface area contributed by atoms with Gasteiger partial charge >= 0.3 is 0 Å². The second-order valence-electron chi connectivity index (χ2n) is 6.29. The molecule has 4 nitrogen and oxygen atoms in total. The van der Waals surface area contributed by atoms with Crippen molar-refractivity contribution in [1.82, 2.24) is 4.90 Å². The zero-order valence-corrected chi connectivity index (χ0v) is 17.4. The standard InChI is InChI=1S/C21H19BrN2O2S/c1-24(2)20(25)13-14-3-9-17(10-4-14)23-21(26)19-12-11-18(27-19)15-5-7-16(22)8-6-15/h3-12H,13H2,1-2H3,(H,23,26). The molecule has 138 valence electrons. The number of anilines is 1. The fraction of sp³-hybridized carbons (Fsp3) is 0.143. The van der Waals surface area contributed by atoms with Crippen molar-refractivity contribution >= 4 is 44.8 Å². The zero-order chi connectivity index (χ0) is 19.4. The summed E-state index contributed by atoms with van der Waals surface area (Å²) in [6.07, 6.45) is 0.350. The van der Waals surface area contributed by atoms with Crippen LogP contribution in [-0.4, -0.2) is 30.8 Å². The Morgan fingerprint density at radius 2 is 1.63 bits per heavy atom. The summed E-state index contributed by atoms with van der Waals surface area (Å²) in [5.74, 6) is -0.0914. The first-order valence-electron chi connectivity index (χ1n) is 8.38. The Bertz CT molecular complexity index is 947. The molecule has 1 heterocycles. The molecule has 0 aliphatic rings. The minimum atomic E-state index is -0.138. The molecule has 27 heavy (non-hydrogen) atoms. The highest BCUT2D eigenvalue weighted by Crippen LogP contribution is 2.29. The quantitative estimate of drug-likeness (QED) is 0.599. The molecule has 1 N–H and O–H groups in total. The van der Waals surface area contributed by atoms with Crippen molar-refractivity contribution in [3.63, 3.8) is 0 Å². The largest absolute Gasteiger partial charge is 0.349 e. The van der Waals surface area contributed by atoms with E-state index in [0.717, 1.165) is 20.5 Å². The lowest BCUT2D eigenvalue weighted by Crippen LogP contribution is -2.23. The second kappa shape index (κ2) is 8.50. The maximum atomic E-state index is 12.5. The Labute approximate surface area is 171 Å². The van der Waals surface area contributed by atoms with E-state index in [2.05, 4.69) is 21.2 Å². The van der Waals surface area contributed by atoms with Crippen molar-refractivity contribution in [2.45, 2.75) is 6.42 Å². The van der Waals surface area contributed by atoms with Crippen molar-refractivity contribution in [2.75, 3.05) is 19.4 Å². The molecular weight excluding hydrogens is 424 g/mol. The van der Waals surface area contributed by atoms with Crippen molar-refractivity contribution in [2.24, 2.45) is 0 Å². The van der Waals surface area contributed by atoms with Gasteiger partial charge in [0.05, 0.1) is 11.3 Å². The summed E-state index contributed by atoms with van der Waals surface area (Å²) >= 11 is 4.88. The molecular formula is C21H19BrN2O2S. The van der Waals surface area contributed by atoms with Crippen LogP contribution in [0.1, 0.15) is 15.2 Å². The maximum absolute atomic E-state index is 12.5. The Hall–Kier alpha value is -2.44. The molecule has 6 heteroatoms. The number of benzene rings is 2. The minimum absolute atomic E-state index is 0.0471. The van der Waals surface area contributed by atoms with E-state index in [9.17, 15) is 9.59 Å². The van der Waals surface area contributed by atoms with Gasteiger partial charge in [0.2, 0.25) is 5.91 Å². The minimum Gasteiger partial charge on any atom is -0.349 e. The summed E-state index contributed by atoms with van der Waals surface area (Å²) in [4.78, 5) is 27.5. The summed E-state index contributed by atoms with van der Waals surface area (Å²) in [6, 6.07) is 19.2. The summed E-state index contributed by atoms with van der Waals surface area (Å²) in [5, 5.41) is 2.90. The van der Waals surface area contributed by atoms with E-state index in [4.69, 9.17) is 0 Å². The van der Waals surface area contributed by atoms with Crippen LogP contribution in [0.25, 0.3) is 10.4 Å². The van der Waals surface area contributed by atoms with Gasteiger partial charge in [-0.15, -0.1) is 11.3 Å². The lowest BCUT2D eigenvalue weighted by molar-refractivity contribution is -0.127. The normalized spacial score (nSPS) is 10.5. The zero-order valence-electron chi connectivity index (χ0n) is 15.0. The molecule has 0 unspecified atom stereocenters. The van der Waals surface area contributed by atoms with Gasteiger partial charge in [-0.25, -0.2) is 0 Å². The molecule has 0 saturated heterocycles. The van der Waals surface area contributed by atoms with Crippen LogP contribution in [0.3, 0.4) is 0 Å². The topological polar surface area (TPSA) is 49.4 Å². The molecule has 0 saturated carbocycles. The van der Waals surface area contributed by atoms with Gasteiger partial charge in [-0.3, -0.25) is 9.59 Å². The predicted octanol–water partition coefficient (Wildman–Crippen LogP) is 5.06. The van der Waals surface area contributed by atoms with Gasteiger partial charge < -0.3 is 10.2 Å². The number of rotatable bonds is 5. The fourth-order valence-electron chi connectivity index (χ4n) is 2.46. The number of carbonyl (C=O) groups excluding carboxylic acids is 2. The summed E-state index contributed by atoms with van der Waals surface area (Å²) < 4.78 is 1.02. The average molecular weight is 443 g/mol. The molecule has 0 aliphatic carbocycles. The van der Waals surface area contributed by atoms with Gasteiger partial charge in [-0.2, -0.15) is 0 Å². The van der Waals surface area contributed by atoms with Crippen LogP contribution in [0.15, 0.2) is 65.1 Å². The van der Waals surface area contributed by atoms with E-state index in [1.165, 1.54) is 11.3 Å². The molecule has 0 atom stereocenters. The van der Waals surface area contributed by atoms with E-state index >= 15 is 0 Å². The highest BCUT2D eigenvalue weighted by atomic mass is 79.9. The second-order valence-corrected chi connectivity index (χ2v) is 8.29. The molecule has 0 radical (unpaired) electrons. The van der Waals surface area contributed by atoms with Gasteiger partial charge in [-0.1, -0.05) is 40.2 Å². The van der Waals surface area contributed by atoms with E-state index in [0.29, 0.717) is 17.0 Å². The Morgan fingerprint density at radius 1 is 0.963 bits per heavy atom. The van der Waals surface area contributed by atoms with Gasteiger partial charge in [0.1, 0.15) is 0 Å². The molecule has 0 bridgehead atoms. The number of nitrogens with zero attached hydrogens (tertiary/aromatic N) is 1. The van der Waals surface area contributed by atoms with Crippen LogP contribution in [-0.2, 0) is 11.2 Å². The summed E-state index contributed by atoms with van der Waals surface area (Å²) in [6.45, 7) is 0. The highest BCUT2D eigenvalue weighted by molar-refractivity contribution is 9.10. The van der Waals surface area contributed by atoms with Crippen molar-refractivity contribution in [3.8, 4) is 10.4 Å². The first-order valence-corrected chi connectivity index (χ1v) is 9.99. The molecule has 0 aliphatic heterocycles. The van der Waals surface area contributed by atoms with Crippen molar-refractivity contribution < 1.29 is 9.59 Å². The average Bonchev–Trinajstić information content (AvgIpc) is 3.14. The summed E-state index contributed by atoms with van der Waals surface area (Å²) in [7, 11) is 3.47. The molecule has 0 fully saturated rings. The molecule has 0 spiro atoms. The van der Waals surface area contributed by atoms with Gasteiger partial charge in [0.15, 0.2) is 0 Å². The van der Waals surface area contributed by atoms with Crippen LogP contribution >= 0.6 is 27.3 Å². The number of likely N-dealkylation sites (N-methyl/N-ethyl adjacent to an activating group) is 1. The van der Waals surface area contributed by atoms with Crippen molar-refractivity contribution in [1.29, 1.82) is 0 Å². The monoisotopic (exact) mass is 442 g/mol. The number of amides is 2. The van der Waals surface area contributed by atoms with Crippen LogP contribution in [0.5, 0.6) is 0 Å². The van der Waals surface area contributed by atoms with Gasteiger partial charge in [0.25, 0.3) is 5.91 Å². The van der Waals surface area contributed by atoms with E-state index in [1.807, 2.05) is 60.7 Å². The van der Waals surface area contributed by atoms with Gasteiger partial charge in [0, 0.05) is 29.1 Å². The SMILES string of the molecule is CN(C)C(=O)Cc1ccc(NC(=O)c2ccc(-c3ccc(Br)cc3)s2)cc1. The lowest BCUT2D eigenvalue weighted by Gasteiger charge is -2.10. The van der Waals surface area contributed by atoms with Crippen LogP contribution < -0.4 is 5.32 Å². The first kappa shape index (κ1) is 19.3. The molecule has 2 aromatic carbocycles. The number of nitrogens with one attached hydrogen (secondary N) is 1. The molecule has 2 amide bonds. The fourth-order valence-corrected chi connectivity index (χ4v) is 3.63. The first-order chi connectivity index (χ1) is 12.9. The van der Waals surface area contributed by atoms with Crippen LogP contribution in [0.4, 0.5) is 5.69 Å². The maximum Gasteiger partial charge on any atom is 0.265 e. The van der Waals surface area contributed by atoms with Crippen molar-refractivity contribution in [3.05, 3.63) is 75.6 Å². The third-order valence-electron chi connectivity index (χ3n) is 4.02. The third-order valence-corrected chi connectivity index (χ3v) is 5.69. The van der Waals surface area contributed by atoms with Crippen LogP contribution in [0.2, 0.25) is 0 Å². The van der Waals surface area contributed by atoms with E-state index in [-0.39, 0.29) is 11.8 Å². The Balaban J connectivity index is 1.65. The summed E-state index contributed by atoms with van der Waals surface area (Å²) in [5.41, 5.74) is 2.71. The highest BCUT2D eigenvalue weighted by Gasteiger charge is 2.11. The van der Waals surface area contributed by atoms with Crippen LogP contribution in [0, 0.1) is 0 Å². The molecule has 3 rings (SSSR count). The lowest BCUT2D eigenvalue weighted by atomic mass is 10.1. The number of hydrogen-bond acceptors (Lipinski definition) is 3. The predicted molar refractivity (Wildman–Crippen MR) is 114 cm³/mol. The Morgan fingerprint density at radius 3 is 2.26 bits per heavy atom.